The zero-order chi connectivity index (χ0) is 14.7. The number of rotatable bonds is 3. The van der Waals surface area contributed by atoms with Crippen LogP contribution in [0.15, 0.2) is 23.2 Å². The van der Waals surface area contributed by atoms with Gasteiger partial charge in [-0.2, -0.15) is 0 Å². The van der Waals surface area contributed by atoms with Crippen LogP contribution in [0.1, 0.15) is 0 Å². The highest BCUT2D eigenvalue weighted by Gasteiger charge is 2.22. The molecule has 3 heterocycles. The number of anilines is 1. The van der Waals surface area contributed by atoms with Crippen LogP contribution in [0.5, 0.6) is 0 Å². The molecule has 0 bridgehead atoms. The zero-order valence-corrected chi connectivity index (χ0v) is 12.7. The monoisotopic (exact) mass is 352 g/mol. The third kappa shape index (κ3) is 3.32. The summed E-state index contributed by atoms with van der Waals surface area (Å²) in [6.45, 7) is 2.87. The molecule has 1 aliphatic heterocycles. The molecular weight excluding hydrogens is 340 g/mol. The van der Waals surface area contributed by atoms with Gasteiger partial charge in [-0.1, -0.05) is 0 Å². The lowest BCUT2D eigenvalue weighted by atomic mass is 10.3. The summed E-state index contributed by atoms with van der Waals surface area (Å²) in [5.41, 5.74) is 0. The van der Waals surface area contributed by atoms with Gasteiger partial charge in [-0.15, -0.1) is 5.10 Å². The fraction of sp³-hybridized carbons (Fsp3) is 0.455. The Labute approximate surface area is 129 Å². The number of carbonyl (C=O) groups excluding carboxylic acids is 1. The average molecular weight is 353 g/mol. The molecule has 21 heavy (non-hydrogen) atoms. The lowest BCUT2D eigenvalue weighted by Gasteiger charge is -2.34. The smallest absolute Gasteiger partial charge is 0.244 e. The van der Waals surface area contributed by atoms with E-state index in [4.69, 9.17) is 0 Å². The van der Waals surface area contributed by atoms with Gasteiger partial charge in [0, 0.05) is 38.6 Å². The van der Waals surface area contributed by atoms with E-state index in [-0.39, 0.29) is 12.5 Å². The molecule has 2 aromatic rings. The predicted molar refractivity (Wildman–Crippen MR) is 76.3 cm³/mol. The van der Waals surface area contributed by atoms with Crippen LogP contribution in [0.2, 0.25) is 0 Å². The summed E-state index contributed by atoms with van der Waals surface area (Å²) < 4.78 is 2.27. The molecule has 0 saturated carbocycles. The Kier molecular flexibility index (Phi) is 4.04. The van der Waals surface area contributed by atoms with Crippen LogP contribution in [0.3, 0.4) is 0 Å². The summed E-state index contributed by atoms with van der Waals surface area (Å²) in [4.78, 5) is 24.5. The second-order valence-corrected chi connectivity index (χ2v) is 5.49. The van der Waals surface area contributed by atoms with Crippen molar-refractivity contribution >= 4 is 27.8 Å². The van der Waals surface area contributed by atoms with Crippen LogP contribution in [0.4, 0.5) is 5.95 Å². The second-order valence-electron chi connectivity index (χ2n) is 4.58. The van der Waals surface area contributed by atoms with Crippen molar-refractivity contribution in [2.45, 2.75) is 6.54 Å². The Morgan fingerprint density at radius 2 is 1.90 bits per heavy atom. The molecule has 110 valence electrons. The van der Waals surface area contributed by atoms with Gasteiger partial charge in [0.25, 0.3) is 0 Å². The molecule has 2 aromatic heterocycles. The quantitative estimate of drug-likeness (QED) is 0.740. The van der Waals surface area contributed by atoms with E-state index >= 15 is 0 Å². The lowest BCUT2D eigenvalue weighted by molar-refractivity contribution is -0.132. The largest absolute Gasteiger partial charge is 0.338 e. The maximum absolute atomic E-state index is 12.1. The first-order chi connectivity index (χ1) is 10.2. The number of carbonyl (C=O) groups is 1. The van der Waals surface area contributed by atoms with Crippen LogP contribution in [0, 0.1) is 0 Å². The maximum Gasteiger partial charge on any atom is 0.244 e. The molecule has 0 atom stereocenters. The van der Waals surface area contributed by atoms with E-state index in [9.17, 15) is 4.79 Å². The van der Waals surface area contributed by atoms with Crippen LogP contribution >= 0.6 is 15.9 Å². The minimum Gasteiger partial charge on any atom is -0.338 e. The van der Waals surface area contributed by atoms with Crippen molar-refractivity contribution in [3.8, 4) is 0 Å². The van der Waals surface area contributed by atoms with Crippen molar-refractivity contribution in [1.82, 2.24) is 35.1 Å². The average Bonchev–Trinajstić information content (AvgIpc) is 3.01. The third-order valence-electron chi connectivity index (χ3n) is 3.21. The third-order valence-corrected chi connectivity index (χ3v) is 3.62. The summed E-state index contributed by atoms with van der Waals surface area (Å²) >= 11 is 3.31. The summed E-state index contributed by atoms with van der Waals surface area (Å²) in [7, 11) is 0. The van der Waals surface area contributed by atoms with Gasteiger partial charge in [-0.3, -0.25) is 4.79 Å². The maximum atomic E-state index is 12.1. The van der Waals surface area contributed by atoms with Gasteiger partial charge in [-0.05, 0) is 26.4 Å². The Morgan fingerprint density at radius 3 is 2.52 bits per heavy atom. The Balaban J connectivity index is 1.55. The molecular formula is C11H13BrN8O. The molecule has 0 spiro atoms. The highest BCUT2D eigenvalue weighted by Crippen LogP contribution is 2.13. The van der Waals surface area contributed by atoms with Crippen LogP contribution < -0.4 is 4.90 Å². The lowest BCUT2D eigenvalue weighted by Crippen LogP contribution is -2.50. The van der Waals surface area contributed by atoms with E-state index in [0.717, 1.165) is 4.47 Å². The van der Waals surface area contributed by atoms with Gasteiger partial charge in [0.1, 0.15) is 12.9 Å². The summed E-state index contributed by atoms with van der Waals surface area (Å²) in [6, 6.07) is 0. The van der Waals surface area contributed by atoms with E-state index in [1.165, 1.54) is 11.0 Å². The van der Waals surface area contributed by atoms with Crippen molar-refractivity contribution in [1.29, 1.82) is 0 Å². The van der Waals surface area contributed by atoms with Crippen LogP contribution in [-0.2, 0) is 11.3 Å². The van der Waals surface area contributed by atoms with E-state index in [2.05, 4.69) is 46.3 Å². The standard InChI is InChI=1S/C11H13BrN8O/c12-9-5-13-11(14-6-9)19-3-1-18(2-4-19)10(21)7-20-8-15-16-17-20/h5-6,8H,1-4,7H2. The Bertz CT molecular complexity index is 593. The Hall–Kier alpha value is -2.10. The molecule has 10 heteroatoms. The molecule has 1 amide bonds. The first-order valence-electron chi connectivity index (χ1n) is 6.43. The van der Waals surface area contributed by atoms with Crippen molar-refractivity contribution in [3.05, 3.63) is 23.2 Å². The van der Waals surface area contributed by atoms with Crippen molar-refractivity contribution in [3.63, 3.8) is 0 Å². The fourth-order valence-corrected chi connectivity index (χ4v) is 2.32. The number of piperazine rings is 1. The number of tetrazole rings is 1. The van der Waals surface area contributed by atoms with Crippen LogP contribution in [0.25, 0.3) is 0 Å². The predicted octanol–water partition coefficient (Wildman–Crippen LogP) is -0.426. The van der Waals surface area contributed by atoms with Crippen LogP contribution in [-0.4, -0.2) is 67.2 Å². The number of amides is 1. The topological polar surface area (TPSA) is 92.9 Å². The zero-order valence-electron chi connectivity index (χ0n) is 11.1. The number of aromatic nitrogens is 6. The molecule has 0 unspecified atom stereocenters. The highest BCUT2D eigenvalue weighted by atomic mass is 79.9. The minimum atomic E-state index is 0.0127. The minimum absolute atomic E-state index is 0.0127. The summed E-state index contributed by atoms with van der Waals surface area (Å²) in [5.74, 6) is 0.699. The van der Waals surface area contributed by atoms with Gasteiger partial charge in [-0.25, -0.2) is 14.6 Å². The van der Waals surface area contributed by atoms with E-state index in [1.54, 1.807) is 17.3 Å². The summed E-state index contributed by atoms with van der Waals surface area (Å²) in [5, 5.41) is 10.7. The highest BCUT2D eigenvalue weighted by molar-refractivity contribution is 9.10. The fourth-order valence-electron chi connectivity index (χ4n) is 2.12. The van der Waals surface area contributed by atoms with Gasteiger partial charge < -0.3 is 9.80 Å². The van der Waals surface area contributed by atoms with E-state index in [1.807, 2.05) is 0 Å². The van der Waals surface area contributed by atoms with Gasteiger partial charge >= 0.3 is 0 Å². The number of halogens is 1. The van der Waals surface area contributed by atoms with E-state index in [0.29, 0.717) is 32.1 Å². The molecule has 1 fully saturated rings. The normalized spacial score (nSPS) is 15.3. The number of nitrogens with zero attached hydrogens (tertiary/aromatic N) is 8. The first kappa shape index (κ1) is 13.9. The molecule has 3 rings (SSSR count). The van der Waals surface area contributed by atoms with Crippen molar-refractivity contribution in [2.75, 3.05) is 31.1 Å². The number of hydrogen-bond acceptors (Lipinski definition) is 7. The summed E-state index contributed by atoms with van der Waals surface area (Å²) in [6.07, 6.45) is 4.87. The van der Waals surface area contributed by atoms with Gasteiger partial charge in [0.15, 0.2) is 0 Å². The van der Waals surface area contributed by atoms with Gasteiger partial charge in [0.2, 0.25) is 11.9 Å². The molecule has 0 N–H and O–H groups in total. The molecule has 0 aliphatic carbocycles. The number of hydrogen-bond donors (Lipinski definition) is 0. The second kappa shape index (κ2) is 6.12. The molecule has 9 nitrogen and oxygen atoms in total. The van der Waals surface area contributed by atoms with E-state index < -0.39 is 0 Å². The molecule has 0 radical (unpaired) electrons. The molecule has 1 saturated heterocycles. The molecule has 0 aromatic carbocycles. The molecule has 1 aliphatic rings. The van der Waals surface area contributed by atoms with Crippen molar-refractivity contribution in [2.24, 2.45) is 0 Å². The Morgan fingerprint density at radius 1 is 1.19 bits per heavy atom. The SMILES string of the molecule is O=C(Cn1cnnn1)N1CCN(c2ncc(Br)cn2)CC1. The van der Waals surface area contributed by atoms with Crippen molar-refractivity contribution < 1.29 is 4.79 Å². The van der Waals surface area contributed by atoms with Gasteiger partial charge in [0.05, 0.1) is 4.47 Å². The first-order valence-corrected chi connectivity index (χ1v) is 7.23.